The molecule has 0 saturated heterocycles. The van der Waals surface area contributed by atoms with Gasteiger partial charge in [0.2, 0.25) is 0 Å². The number of para-hydroxylation sites is 1. The molecule has 2 aromatic heterocycles. The molecular weight excluding hydrogens is 246 g/mol. The van der Waals surface area contributed by atoms with Gasteiger partial charge >= 0.3 is 0 Å². The van der Waals surface area contributed by atoms with Crippen molar-refractivity contribution in [3.8, 4) is 0 Å². The molecular formula is C12H9N5O2. The van der Waals surface area contributed by atoms with Crippen LogP contribution in [0.2, 0.25) is 0 Å². The largest absolute Gasteiger partial charge is 0.308 e. The molecule has 0 fully saturated rings. The average molecular weight is 255 g/mol. The second-order valence-electron chi connectivity index (χ2n) is 3.99. The predicted octanol–water partition coefficient (Wildman–Crippen LogP) is 0.375. The maximum absolute atomic E-state index is 11.9. The van der Waals surface area contributed by atoms with Gasteiger partial charge in [0.15, 0.2) is 6.29 Å². The number of aldehydes is 1. The highest BCUT2D eigenvalue weighted by molar-refractivity contribution is 5.77. The fourth-order valence-corrected chi connectivity index (χ4v) is 1.81. The third-order valence-electron chi connectivity index (χ3n) is 2.65. The number of rotatable bonds is 3. The van der Waals surface area contributed by atoms with Gasteiger partial charge in [-0.15, -0.1) is 5.10 Å². The van der Waals surface area contributed by atoms with E-state index in [2.05, 4.69) is 20.3 Å². The predicted molar refractivity (Wildman–Crippen MR) is 66.9 cm³/mol. The summed E-state index contributed by atoms with van der Waals surface area (Å²) in [6, 6.07) is 7.09. The molecule has 0 radical (unpaired) electrons. The van der Waals surface area contributed by atoms with E-state index in [1.165, 1.54) is 10.9 Å². The van der Waals surface area contributed by atoms with Gasteiger partial charge in [-0.3, -0.25) is 9.59 Å². The molecule has 0 aliphatic heterocycles. The number of H-pyrrole nitrogens is 1. The first kappa shape index (κ1) is 11.3. The Morgan fingerprint density at radius 3 is 2.95 bits per heavy atom. The van der Waals surface area contributed by atoms with Crippen molar-refractivity contribution >= 4 is 17.2 Å². The van der Waals surface area contributed by atoms with Crippen LogP contribution in [0.1, 0.15) is 16.3 Å². The van der Waals surface area contributed by atoms with Crippen LogP contribution in [0.15, 0.2) is 35.3 Å². The van der Waals surface area contributed by atoms with Crippen LogP contribution in [0.5, 0.6) is 0 Å². The molecule has 1 N–H and O–H groups in total. The summed E-state index contributed by atoms with van der Waals surface area (Å²) in [5.74, 6) is 0.464. The van der Waals surface area contributed by atoms with Crippen molar-refractivity contribution in [1.82, 2.24) is 25.0 Å². The monoisotopic (exact) mass is 255 g/mol. The maximum Gasteiger partial charge on any atom is 0.258 e. The second-order valence-corrected chi connectivity index (χ2v) is 3.99. The van der Waals surface area contributed by atoms with Crippen molar-refractivity contribution < 1.29 is 4.79 Å². The lowest BCUT2D eigenvalue weighted by Crippen LogP contribution is -2.14. The van der Waals surface area contributed by atoms with Gasteiger partial charge in [0, 0.05) is 0 Å². The zero-order valence-corrected chi connectivity index (χ0v) is 9.78. The standard InChI is InChI=1S/C12H9N5O2/c18-7-8-5-17(16-15-8)6-11-13-10-4-2-1-3-9(10)12(19)14-11/h1-5,7H,6H2,(H,13,14,19). The Balaban J connectivity index is 2.01. The van der Waals surface area contributed by atoms with Gasteiger partial charge in [0.1, 0.15) is 18.1 Å². The number of aromatic nitrogens is 5. The minimum absolute atomic E-state index is 0.198. The van der Waals surface area contributed by atoms with Gasteiger partial charge in [0.25, 0.3) is 5.56 Å². The summed E-state index contributed by atoms with van der Waals surface area (Å²) in [5, 5.41) is 7.95. The molecule has 0 saturated carbocycles. The van der Waals surface area contributed by atoms with Gasteiger partial charge in [-0.05, 0) is 12.1 Å². The summed E-state index contributed by atoms with van der Waals surface area (Å²) < 4.78 is 1.44. The highest BCUT2D eigenvalue weighted by Gasteiger charge is 2.05. The molecule has 0 atom stereocenters. The summed E-state index contributed by atoms with van der Waals surface area (Å²) in [7, 11) is 0. The Bertz CT molecular complexity index is 805. The molecule has 3 rings (SSSR count). The molecule has 0 spiro atoms. The van der Waals surface area contributed by atoms with E-state index in [1.807, 2.05) is 6.07 Å². The van der Waals surface area contributed by atoms with Gasteiger partial charge in [-0.25, -0.2) is 9.67 Å². The number of aromatic amines is 1. The molecule has 19 heavy (non-hydrogen) atoms. The van der Waals surface area contributed by atoms with Crippen LogP contribution in [0.4, 0.5) is 0 Å². The van der Waals surface area contributed by atoms with Gasteiger partial charge in [-0.2, -0.15) is 0 Å². The molecule has 94 valence electrons. The van der Waals surface area contributed by atoms with Crippen molar-refractivity contribution in [2.24, 2.45) is 0 Å². The number of hydrogen-bond donors (Lipinski definition) is 1. The van der Waals surface area contributed by atoms with E-state index in [1.54, 1.807) is 18.2 Å². The third kappa shape index (κ3) is 2.13. The highest BCUT2D eigenvalue weighted by Crippen LogP contribution is 2.06. The van der Waals surface area contributed by atoms with E-state index in [4.69, 9.17) is 0 Å². The molecule has 0 amide bonds. The normalized spacial score (nSPS) is 10.7. The van der Waals surface area contributed by atoms with Crippen molar-refractivity contribution in [2.45, 2.75) is 6.54 Å². The van der Waals surface area contributed by atoms with E-state index in [9.17, 15) is 9.59 Å². The molecule has 7 nitrogen and oxygen atoms in total. The minimum Gasteiger partial charge on any atom is -0.308 e. The third-order valence-corrected chi connectivity index (χ3v) is 2.65. The lowest BCUT2D eigenvalue weighted by atomic mass is 10.2. The van der Waals surface area contributed by atoms with Crippen molar-refractivity contribution in [3.63, 3.8) is 0 Å². The van der Waals surface area contributed by atoms with E-state index >= 15 is 0 Å². The molecule has 0 aliphatic rings. The Morgan fingerprint density at radius 1 is 1.32 bits per heavy atom. The molecule has 3 aromatic rings. The van der Waals surface area contributed by atoms with E-state index in [0.29, 0.717) is 23.0 Å². The lowest BCUT2D eigenvalue weighted by molar-refractivity contribution is 0.111. The number of nitrogens with one attached hydrogen (secondary N) is 1. The first-order valence-electron chi connectivity index (χ1n) is 5.59. The van der Waals surface area contributed by atoms with Gasteiger partial charge in [0.05, 0.1) is 17.1 Å². The van der Waals surface area contributed by atoms with Crippen LogP contribution in [-0.2, 0) is 6.54 Å². The average Bonchev–Trinajstić information content (AvgIpc) is 2.86. The SMILES string of the molecule is O=Cc1cn(Cc2nc3ccccc3c(=O)[nH]2)nn1. The topological polar surface area (TPSA) is 93.5 Å². The molecule has 1 aromatic carbocycles. The number of carbonyl (C=O) groups is 1. The van der Waals surface area contributed by atoms with Crippen LogP contribution >= 0.6 is 0 Å². The minimum atomic E-state index is -0.198. The van der Waals surface area contributed by atoms with Gasteiger partial charge < -0.3 is 4.98 Å². The molecule has 0 unspecified atom stereocenters. The highest BCUT2D eigenvalue weighted by atomic mass is 16.1. The Hall–Kier alpha value is -2.83. The first-order valence-corrected chi connectivity index (χ1v) is 5.59. The Morgan fingerprint density at radius 2 is 2.16 bits per heavy atom. The number of nitrogens with zero attached hydrogens (tertiary/aromatic N) is 4. The number of hydrogen-bond acceptors (Lipinski definition) is 5. The summed E-state index contributed by atoms with van der Waals surface area (Å²) >= 11 is 0. The molecule has 7 heteroatoms. The van der Waals surface area contributed by atoms with Crippen LogP contribution in [-0.4, -0.2) is 31.2 Å². The summed E-state index contributed by atoms with van der Waals surface area (Å²) in [5.41, 5.74) is 0.663. The quantitative estimate of drug-likeness (QED) is 0.683. The van der Waals surface area contributed by atoms with Crippen molar-refractivity contribution in [1.29, 1.82) is 0 Å². The van der Waals surface area contributed by atoms with E-state index < -0.39 is 0 Å². The molecule has 0 bridgehead atoms. The zero-order valence-electron chi connectivity index (χ0n) is 9.78. The summed E-state index contributed by atoms with van der Waals surface area (Å²) in [6.07, 6.45) is 2.10. The van der Waals surface area contributed by atoms with Crippen LogP contribution < -0.4 is 5.56 Å². The first-order chi connectivity index (χ1) is 9.26. The van der Waals surface area contributed by atoms with E-state index in [-0.39, 0.29) is 17.8 Å². The number of carbonyl (C=O) groups excluding carboxylic acids is 1. The number of fused-ring (bicyclic) bond motifs is 1. The fourth-order valence-electron chi connectivity index (χ4n) is 1.81. The van der Waals surface area contributed by atoms with Crippen molar-refractivity contribution in [3.05, 3.63) is 52.3 Å². The van der Waals surface area contributed by atoms with Crippen molar-refractivity contribution in [2.75, 3.05) is 0 Å². The van der Waals surface area contributed by atoms with Crippen LogP contribution in [0.3, 0.4) is 0 Å². The van der Waals surface area contributed by atoms with Crippen LogP contribution in [0, 0.1) is 0 Å². The smallest absolute Gasteiger partial charge is 0.258 e. The maximum atomic E-state index is 11.9. The molecule has 2 heterocycles. The molecule has 0 aliphatic carbocycles. The van der Waals surface area contributed by atoms with Gasteiger partial charge in [-0.1, -0.05) is 17.3 Å². The second kappa shape index (κ2) is 4.45. The number of benzene rings is 1. The Kier molecular flexibility index (Phi) is 2.64. The van der Waals surface area contributed by atoms with Crippen LogP contribution in [0.25, 0.3) is 10.9 Å². The Labute approximate surface area is 106 Å². The zero-order chi connectivity index (χ0) is 13.2. The lowest BCUT2D eigenvalue weighted by Gasteiger charge is -2.02. The fraction of sp³-hybridized carbons (Fsp3) is 0.0833. The summed E-state index contributed by atoms with van der Waals surface area (Å²) in [4.78, 5) is 29.4. The van der Waals surface area contributed by atoms with E-state index in [0.717, 1.165) is 0 Å². The summed E-state index contributed by atoms with van der Waals surface area (Å²) in [6.45, 7) is 0.251.